The Morgan fingerprint density at radius 3 is 2.61 bits per heavy atom. The first-order chi connectivity index (χ1) is 13.3. The predicted molar refractivity (Wildman–Crippen MR) is 109 cm³/mol. The van der Waals surface area contributed by atoms with Gasteiger partial charge in [-0.3, -0.25) is 4.79 Å². The largest absolute Gasteiger partial charge is 0.369 e. The van der Waals surface area contributed by atoms with Gasteiger partial charge in [0.05, 0.1) is 12.1 Å². The molecule has 1 amide bonds. The molecule has 1 atom stereocenters. The van der Waals surface area contributed by atoms with Crippen LogP contribution in [0.5, 0.6) is 0 Å². The Hall–Kier alpha value is -2.41. The fraction of sp³-hybridized carbons (Fsp3) is 0.524. The van der Waals surface area contributed by atoms with Crippen molar-refractivity contribution in [2.45, 2.75) is 46.2 Å². The third-order valence-electron chi connectivity index (χ3n) is 5.65. The summed E-state index contributed by atoms with van der Waals surface area (Å²) in [5.74, 6) is 1.89. The van der Waals surface area contributed by atoms with Crippen LogP contribution in [0.3, 0.4) is 0 Å². The van der Waals surface area contributed by atoms with Crippen LogP contribution >= 0.6 is 0 Å². The third-order valence-corrected chi connectivity index (χ3v) is 5.65. The van der Waals surface area contributed by atoms with Crippen molar-refractivity contribution in [2.75, 3.05) is 25.0 Å². The van der Waals surface area contributed by atoms with E-state index in [9.17, 15) is 9.18 Å². The highest BCUT2D eigenvalue weighted by Gasteiger charge is 2.41. The maximum Gasteiger partial charge on any atom is 0.237 e. The van der Waals surface area contributed by atoms with E-state index in [-0.39, 0.29) is 18.3 Å². The molecule has 1 aromatic heterocycles. The molecule has 0 radical (unpaired) electrons. The zero-order valence-corrected chi connectivity index (χ0v) is 17.1. The number of amides is 1. The minimum Gasteiger partial charge on any atom is -0.369 e. The molecule has 0 fully saturated rings. The highest BCUT2D eigenvalue weighted by molar-refractivity contribution is 5.80. The maximum absolute atomic E-state index is 13.4. The average molecular weight is 388 g/mol. The molecular formula is C21H30FN5O. The molecule has 1 aliphatic heterocycles. The van der Waals surface area contributed by atoms with Crippen molar-refractivity contribution in [3.8, 4) is 11.3 Å². The van der Waals surface area contributed by atoms with Crippen molar-refractivity contribution in [2.24, 2.45) is 11.7 Å². The first-order valence-corrected chi connectivity index (χ1v) is 9.90. The van der Waals surface area contributed by atoms with Gasteiger partial charge in [0.1, 0.15) is 23.2 Å². The van der Waals surface area contributed by atoms with Crippen LogP contribution in [0.15, 0.2) is 24.3 Å². The van der Waals surface area contributed by atoms with Crippen LogP contribution < -0.4 is 11.1 Å². The SMILES string of the molecule is CCC(C)CNc1c(-c2ccc(F)cc2)nc2n1CCN(C(=O)CN)C2(C)C. The van der Waals surface area contributed by atoms with E-state index in [0.717, 1.165) is 35.9 Å². The number of rotatable bonds is 6. The molecule has 6 nitrogen and oxygen atoms in total. The number of nitrogens with two attached hydrogens (primary N) is 1. The van der Waals surface area contributed by atoms with E-state index in [0.29, 0.717) is 19.0 Å². The molecule has 0 saturated heterocycles. The molecule has 3 rings (SSSR count). The molecule has 0 saturated carbocycles. The maximum atomic E-state index is 13.4. The number of anilines is 1. The molecule has 0 bridgehead atoms. The number of carbonyl (C=O) groups is 1. The molecule has 1 unspecified atom stereocenters. The molecule has 0 spiro atoms. The summed E-state index contributed by atoms with van der Waals surface area (Å²) in [6.45, 7) is 10.4. The summed E-state index contributed by atoms with van der Waals surface area (Å²) in [5, 5.41) is 3.56. The number of hydrogen-bond acceptors (Lipinski definition) is 4. The summed E-state index contributed by atoms with van der Waals surface area (Å²) in [4.78, 5) is 19.1. The molecule has 1 aliphatic rings. The zero-order valence-electron chi connectivity index (χ0n) is 17.1. The van der Waals surface area contributed by atoms with Crippen molar-refractivity contribution >= 4 is 11.7 Å². The lowest BCUT2D eigenvalue weighted by molar-refractivity contribution is -0.137. The standard InChI is InChI=1S/C21H30FN5O/c1-5-14(2)13-24-19-18(15-6-8-16(22)9-7-15)25-20-21(3,4)27(17(28)12-23)11-10-26(19)20/h6-9,14,24H,5,10-13,23H2,1-4H3. The molecule has 7 heteroatoms. The molecule has 1 aromatic carbocycles. The number of carbonyl (C=O) groups excluding carboxylic acids is 1. The van der Waals surface area contributed by atoms with Crippen LogP contribution in [0.25, 0.3) is 11.3 Å². The molecule has 28 heavy (non-hydrogen) atoms. The van der Waals surface area contributed by atoms with Crippen LogP contribution in [0.1, 0.15) is 39.9 Å². The number of hydrogen-bond donors (Lipinski definition) is 2. The summed E-state index contributed by atoms with van der Waals surface area (Å²) in [6, 6.07) is 6.38. The molecular weight excluding hydrogens is 357 g/mol. The second-order valence-corrected chi connectivity index (χ2v) is 7.99. The highest BCUT2D eigenvalue weighted by Crippen LogP contribution is 2.38. The van der Waals surface area contributed by atoms with Gasteiger partial charge in [-0.15, -0.1) is 0 Å². The van der Waals surface area contributed by atoms with Gasteiger partial charge in [-0.25, -0.2) is 9.37 Å². The number of halogens is 1. The number of aromatic nitrogens is 2. The predicted octanol–water partition coefficient (Wildman–Crippen LogP) is 3.18. The Bertz CT molecular complexity index is 843. The summed E-state index contributed by atoms with van der Waals surface area (Å²) >= 11 is 0. The minimum atomic E-state index is -0.584. The summed E-state index contributed by atoms with van der Waals surface area (Å²) < 4.78 is 15.6. The lowest BCUT2D eigenvalue weighted by atomic mass is 9.99. The fourth-order valence-electron chi connectivity index (χ4n) is 3.69. The fourth-order valence-corrected chi connectivity index (χ4v) is 3.69. The quantitative estimate of drug-likeness (QED) is 0.798. The molecule has 152 valence electrons. The highest BCUT2D eigenvalue weighted by atomic mass is 19.1. The Balaban J connectivity index is 2.09. The van der Waals surface area contributed by atoms with Gasteiger partial charge in [-0.2, -0.15) is 0 Å². The van der Waals surface area contributed by atoms with Crippen LogP contribution in [0, 0.1) is 11.7 Å². The van der Waals surface area contributed by atoms with Crippen molar-refractivity contribution in [3.63, 3.8) is 0 Å². The Morgan fingerprint density at radius 1 is 1.32 bits per heavy atom. The van der Waals surface area contributed by atoms with Gasteiger partial charge in [-0.1, -0.05) is 20.3 Å². The van der Waals surface area contributed by atoms with Gasteiger partial charge < -0.3 is 20.5 Å². The monoisotopic (exact) mass is 387 g/mol. The van der Waals surface area contributed by atoms with Gasteiger partial charge in [-0.05, 0) is 44.0 Å². The zero-order chi connectivity index (χ0) is 20.5. The third kappa shape index (κ3) is 3.63. The van der Waals surface area contributed by atoms with Crippen LogP contribution in [-0.2, 0) is 16.9 Å². The van der Waals surface area contributed by atoms with E-state index in [1.807, 2.05) is 13.8 Å². The van der Waals surface area contributed by atoms with E-state index in [4.69, 9.17) is 10.7 Å². The molecule has 3 N–H and O–H groups in total. The van der Waals surface area contributed by atoms with Crippen LogP contribution in [-0.4, -0.2) is 40.0 Å². The number of nitrogens with one attached hydrogen (secondary N) is 1. The Morgan fingerprint density at radius 2 is 2.00 bits per heavy atom. The number of imidazole rings is 1. The Labute approximate surface area is 165 Å². The first-order valence-electron chi connectivity index (χ1n) is 9.90. The van der Waals surface area contributed by atoms with Crippen molar-refractivity contribution in [3.05, 3.63) is 35.9 Å². The second-order valence-electron chi connectivity index (χ2n) is 7.99. The van der Waals surface area contributed by atoms with Gasteiger partial charge in [0.25, 0.3) is 0 Å². The molecule has 2 aromatic rings. The smallest absolute Gasteiger partial charge is 0.237 e. The van der Waals surface area contributed by atoms with Crippen molar-refractivity contribution in [1.29, 1.82) is 0 Å². The normalized spacial score (nSPS) is 16.6. The van der Waals surface area contributed by atoms with Crippen molar-refractivity contribution < 1.29 is 9.18 Å². The second kappa shape index (κ2) is 7.91. The van der Waals surface area contributed by atoms with E-state index >= 15 is 0 Å². The van der Waals surface area contributed by atoms with E-state index in [2.05, 4.69) is 23.7 Å². The van der Waals surface area contributed by atoms with Gasteiger partial charge in [0, 0.05) is 25.2 Å². The topological polar surface area (TPSA) is 76.2 Å². The van der Waals surface area contributed by atoms with E-state index < -0.39 is 5.54 Å². The van der Waals surface area contributed by atoms with E-state index in [1.54, 1.807) is 17.0 Å². The lowest BCUT2D eigenvalue weighted by Gasteiger charge is -2.42. The first kappa shape index (κ1) is 20.3. The summed E-state index contributed by atoms with van der Waals surface area (Å²) in [5.41, 5.74) is 6.67. The van der Waals surface area contributed by atoms with Gasteiger partial charge >= 0.3 is 0 Å². The van der Waals surface area contributed by atoms with Gasteiger partial charge in [0.2, 0.25) is 5.91 Å². The Kier molecular flexibility index (Phi) is 5.74. The van der Waals surface area contributed by atoms with Crippen molar-refractivity contribution in [1.82, 2.24) is 14.5 Å². The van der Waals surface area contributed by atoms with E-state index in [1.165, 1.54) is 12.1 Å². The lowest BCUT2D eigenvalue weighted by Crippen LogP contribution is -2.53. The van der Waals surface area contributed by atoms with Crippen LogP contribution in [0.4, 0.5) is 10.2 Å². The summed E-state index contributed by atoms with van der Waals surface area (Å²) in [7, 11) is 0. The summed E-state index contributed by atoms with van der Waals surface area (Å²) in [6.07, 6.45) is 1.07. The number of nitrogens with zero attached hydrogens (tertiary/aromatic N) is 3. The number of fused-ring (bicyclic) bond motifs is 1. The molecule has 2 heterocycles. The number of benzene rings is 1. The molecule has 0 aliphatic carbocycles. The minimum absolute atomic E-state index is 0.0198. The average Bonchev–Trinajstić information content (AvgIpc) is 3.06. The van der Waals surface area contributed by atoms with Gasteiger partial charge in [0.15, 0.2) is 0 Å². The van der Waals surface area contributed by atoms with Crippen LogP contribution in [0.2, 0.25) is 0 Å².